The Bertz CT molecular complexity index is 389. The van der Waals surface area contributed by atoms with Gasteiger partial charge >= 0.3 is 0 Å². The largest absolute Gasteiger partial charge is 0.373 e. The van der Waals surface area contributed by atoms with Gasteiger partial charge < -0.3 is 10.5 Å². The third kappa shape index (κ3) is 3.12. The lowest BCUT2D eigenvalue weighted by Crippen LogP contribution is -2.48. The average Bonchev–Trinajstić information content (AvgIpc) is 2.31. The maximum Gasteiger partial charge on any atom is 0.0678 e. The maximum atomic E-state index is 5.99. The molecule has 0 radical (unpaired) electrons. The molecule has 1 aliphatic rings. The van der Waals surface area contributed by atoms with Gasteiger partial charge in [-0.25, -0.2) is 0 Å². The smallest absolute Gasteiger partial charge is 0.0678 e. The fraction of sp³-hybridized carbons (Fsp3) is 0.571. The first-order valence-corrected chi connectivity index (χ1v) is 7.25. The minimum atomic E-state index is 0.259. The van der Waals surface area contributed by atoms with Crippen molar-refractivity contribution in [2.75, 3.05) is 19.6 Å². The van der Waals surface area contributed by atoms with Crippen LogP contribution in [0.15, 0.2) is 28.7 Å². The van der Waals surface area contributed by atoms with Gasteiger partial charge in [-0.15, -0.1) is 0 Å². The van der Waals surface area contributed by atoms with E-state index in [0.29, 0.717) is 6.54 Å². The van der Waals surface area contributed by atoms with E-state index in [2.05, 4.69) is 52.9 Å². The third-order valence-electron chi connectivity index (χ3n) is 3.38. The van der Waals surface area contributed by atoms with Gasteiger partial charge in [0.2, 0.25) is 0 Å². The molecule has 0 bridgehead atoms. The molecule has 0 aliphatic carbocycles. The quantitative estimate of drug-likeness (QED) is 0.932. The van der Waals surface area contributed by atoms with Crippen LogP contribution in [-0.2, 0) is 4.74 Å². The summed E-state index contributed by atoms with van der Waals surface area (Å²) < 4.78 is 6.91. The van der Waals surface area contributed by atoms with Crippen molar-refractivity contribution in [1.82, 2.24) is 4.90 Å². The molecule has 1 aromatic rings. The minimum Gasteiger partial charge on any atom is -0.373 e. The van der Waals surface area contributed by atoms with E-state index in [1.54, 1.807) is 0 Å². The first-order valence-electron chi connectivity index (χ1n) is 6.45. The van der Waals surface area contributed by atoms with Crippen LogP contribution in [0.5, 0.6) is 0 Å². The Balaban J connectivity index is 2.20. The number of nitrogens with zero attached hydrogens (tertiary/aromatic N) is 1. The predicted molar refractivity (Wildman–Crippen MR) is 77.5 cm³/mol. The van der Waals surface area contributed by atoms with Crippen molar-refractivity contribution < 1.29 is 4.74 Å². The lowest BCUT2D eigenvalue weighted by molar-refractivity contribution is -0.0800. The van der Waals surface area contributed by atoms with E-state index < -0.39 is 0 Å². The summed E-state index contributed by atoms with van der Waals surface area (Å²) in [7, 11) is 0. The van der Waals surface area contributed by atoms with Gasteiger partial charge in [0, 0.05) is 30.1 Å². The lowest BCUT2D eigenvalue weighted by atomic mass is 10.0. The third-order valence-corrected chi connectivity index (χ3v) is 4.10. The Morgan fingerprint density at radius 3 is 2.50 bits per heavy atom. The van der Waals surface area contributed by atoms with Crippen molar-refractivity contribution in [2.45, 2.75) is 32.1 Å². The average molecular weight is 313 g/mol. The molecular weight excluding hydrogens is 292 g/mol. The van der Waals surface area contributed by atoms with Crippen LogP contribution in [-0.4, -0.2) is 36.7 Å². The van der Waals surface area contributed by atoms with E-state index in [1.807, 2.05) is 6.07 Å². The van der Waals surface area contributed by atoms with E-state index in [9.17, 15) is 0 Å². The van der Waals surface area contributed by atoms with Gasteiger partial charge in [-0.2, -0.15) is 0 Å². The van der Waals surface area contributed by atoms with Gasteiger partial charge in [-0.3, -0.25) is 4.90 Å². The van der Waals surface area contributed by atoms with Crippen molar-refractivity contribution in [3.63, 3.8) is 0 Å². The first kappa shape index (κ1) is 14.0. The van der Waals surface area contributed by atoms with Gasteiger partial charge in [0.05, 0.1) is 12.2 Å². The molecule has 2 N–H and O–H groups in total. The Labute approximate surface area is 117 Å². The zero-order valence-electron chi connectivity index (χ0n) is 11.0. The van der Waals surface area contributed by atoms with E-state index in [0.717, 1.165) is 17.6 Å². The Kier molecular flexibility index (Phi) is 4.78. The zero-order chi connectivity index (χ0) is 13.1. The molecule has 0 spiro atoms. The first-order chi connectivity index (χ1) is 8.61. The zero-order valence-corrected chi connectivity index (χ0v) is 12.6. The molecule has 1 heterocycles. The van der Waals surface area contributed by atoms with Crippen molar-refractivity contribution in [1.29, 1.82) is 0 Å². The number of morpholine rings is 1. The summed E-state index contributed by atoms with van der Waals surface area (Å²) in [6, 6.07) is 8.58. The second-order valence-electron chi connectivity index (χ2n) is 4.98. The maximum absolute atomic E-state index is 5.99. The van der Waals surface area contributed by atoms with E-state index >= 15 is 0 Å². The molecule has 2 rings (SSSR count). The highest BCUT2D eigenvalue weighted by Gasteiger charge is 2.28. The molecule has 100 valence electrons. The van der Waals surface area contributed by atoms with Crippen LogP contribution in [0.2, 0.25) is 0 Å². The van der Waals surface area contributed by atoms with Crippen LogP contribution in [0.25, 0.3) is 0 Å². The second kappa shape index (κ2) is 6.15. The molecule has 0 amide bonds. The number of rotatable bonds is 3. The molecule has 1 saturated heterocycles. The van der Waals surface area contributed by atoms with Crippen LogP contribution in [0, 0.1) is 0 Å². The van der Waals surface area contributed by atoms with E-state index in [-0.39, 0.29) is 18.2 Å². The van der Waals surface area contributed by atoms with Crippen molar-refractivity contribution in [3.8, 4) is 0 Å². The van der Waals surface area contributed by atoms with Crippen LogP contribution >= 0.6 is 15.9 Å². The standard InChI is InChI=1S/C14H21BrN2O/c1-10-8-17(9-11(2)18-10)14(7-16)12-5-3-4-6-13(12)15/h3-6,10-11,14H,7-9,16H2,1-2H3/t10-,11-,14-/m1/s1. The summed E-state index contributed by atoms with van der Waals surface area (Å²) >= 11 is 3.62. The van der Waals surface area contributed by atoms with Gasteiger partial charge in [-0.05, 0) is 25.5 Å². The number of benzene rings is 1. The van der Waals surface area contributed by atoms with Crippen LogP contribution < -0.4 is 5.73 Å². The molecule has 0 unspecified atom stereocenters. The summed E-state index contributed by atoms with van der Waals surface area (Å²) in [5.74, 6) is 0. The summed E-state index contributed by atoms with van der Waals surface area (Å²) in [6.07, 6.45) is 0.538. The number of ether oxygens (including phenoxy) is 1. The topological polar surface area (TPSA) is 38.5 Å². The molecule has 1 aromatic carbocycles. The van der Waals surface area contributed by atoms with E-state index in [4.69, 9.17) is 10.5 Å². The van der Waals surface area contributed by atoms with Crippen LogP contribution in [0.4, 0.5) is 0 Å². The summed E-state index contributed by atoms with van der Waals surface area (Å²) in [5.41, 5.74) is 7.26. The highest BCUT2D eigenvalue weighted by Crippen LogP contribution is 2.29. The summed E-state index contributed by atoms with van der Waals surface area (Å²) in [5, 5.41) is 0. The number of hydrogen-bond acceptors (Lipinski definition) is 3. The highest BCUT2D eigenvalue weighted by molar-refractivity contribution is 9.10. The molecule has 1 fully saturated rings. The molecular formula is C14H21BrN2O. The lowest BCUT2D eigenvalue weighted by Gasteiger charge is -2.40. The van der Waals surface area contributed by atoms with Gasteiger partial charge in [-0.1, -0.05) is 34.1 Å². The summed E-state index contributed by atoms with van der Waals surface area (Å²) in [4.78, 5) is 2.43. The van der Waals surface area contributed by atoms with Crippen molar-refractivity contribution in [3.05, 3.63) is 34.3 Å². The van der Waals surface area contributed by atoms with Gasteiger partial charge in [0.15, 0.2) is 0 Å². The molecule has 3 atom stereocenters. The highest BCUT2D eigenvalue weighted by atomic mass is 79.9. The Morgan fingerprint density at radius 2 is 1.94 bits per heavy atom. The van der Waals surface area contributed by atoms with Gasteiger partial charge in [0.1, 0.15) is 0 Å². The Hall–Kier alpha value is -0.420. The molecule has 18 heavy (non-hydrogen) atoms. The summed E-state index contributed by atoms with van der Waals surface area (Å²) in [6.45, 7) is 6.75. The van der Waals surface area contributed by atoms with Gasteiger partial charge in [0.25, 0.3) is 0 Å². The Morgan fingerprint density at radius 1 is 1.33 bits per heavy atom. The molecule has 3 nitrogen and oxygen atoms in total. The number of halogens is 1. The minimum absolute atomic E-state index is 0.259. The van der Waals surface area contributed by atoms with E-state index in [1.165, 1.54) is 5.56 Å². The molecule has 0 saturated carbocycles. The molecule has 0 aromatic heterocycles. The molecule has 4 heteroatoms. The normalized spacial score (nSPS) is 27.1. The predicted octanol–water partition coefficient (Wildman–Crippen LogP) is 2.56. The van der Waals surface area contributed by atoms with Crippen LogP contribution in [0.1, 0.15) is 25.5 Å². The number of hydrogen-bond donors (Lipinski definition) is 1. The fourth-order valence-corrected chi connectivity index (χ4v) is 3.24. The van der Waals surface area contributed by atoms with Crippen molar-refractivity contribution >= 4 is 15.9 Å². The van der Waals surface area contributed by atoms with Crippen LogP contribution in [0.3, 0.4) is 0 Å². The fourth-order valence-electron chi connectivity index (χ4n) is 2.69. The molecule has 1 aliphatic heterocycles. The number of nitrogens with two attached hydrogens (primary N) is 1. The van der Waals surface area contributed by atoms with Crippen molar-refractivity contribution in [2.24, 2.45) is 5.73 Å². The SMILES string of the molecule is C[C@@H]1CN([C@H](CN)c2ccccc2Br)C[C@@H](C)O1. The monoisotopic (exact) mass is 312 g/mol. The second-order valence-corrected chi connectivity index (χ2v) is 5.84.